The number of piperidine rings is 1. The fourth-order valence-corrected chi connectivity index (χ4v) is 1.80. The lowest BCUT2D eigenvalue weighted by atomic mass is 10.1. The van der Waals surface area contributed by atoms with Gasteiger partial charge in [0.1, 0.15) is 6.10 Å². The van der Waals surface area contributed by atoms with Crippen molar-refractivity contribution in [2.24, 2.45) is 0 Å². The van der Waals surface area contributed by atoms with Gasteiger partial charge in [-0.15, -0.1) is 12.4 Å². The van der Waals surface area contributed by atoms with Crippen molar-refractivity contribution in [3.05, 3.63) is 34.4 Å². The number of nitrogens with one attached hydrogen (secondary N) is 1. The Bertz CT molecular complexity index is 381. The van der Waals surface area contributed by atoms with E-state index < -0.39 is 4.92 Å². The summed E-state index contributed by atoms with van der Waals surface area (Å²) in [5.41, 5.74) is 0.0426. The predicted octanol–water partition coefficient (Wildman–Crippen LogP) is 2.15. The van der Waals surface area contributed by atoms with Crippen molar-refractivity contribution >= 4 is 18.1 Å². The lowest BCUT2D eigenvalue weighted by Gasteiger charge is -2.23. The van der Waals surface area contributed by atoms with Gasteiger partial charge in [-0.05, 0) is 32.0 Å². The lowest BCUT2D eigenvalue weighted by Crippen LogP contribution is -2.34. The number of ether oxygens (including phenoxy) is 1. The molecule has 5 nitrogen and oxygen atoms in total. The minimum Gasteiger partial charge on any atom is -0.483 e. The van der Waals surface area contributed by atoms with Gasteiger partial charge in [-0.3, -0.25) is 10.1 Å². The molecule has 1 aromatic carbocycles. The van der Waals surface area contributed by atoms with Gasteiger partial charge in [0.25, 0.3) is 0 Å². The molecule has 0 unspecified atom stereocenters. The van der Waals surface area contributed by atoms with Crippen molar-refractivity contribution in [1.82, 2.24) is 5.32 Å². The van der Waals surface area contributed by atoms with E-state index in [1.54, 1.807) is 18.2 Å². The van der Waals surface area contributed by atoms with Gasteiger partial charge in [0.2, 0.25) is 0 Å². The first-order valence-electron chi connectivity index (χ1n) is 5.38. The topological polar surface area (TPSA) is 64.4 Å². The van der Waals surface area contributed by atoms with Crippen LogP contribution in [-0.4, -0.2) is 24.1 Å². The normalized spacial score (nSPS) is 16.0. The molecule has 1 N–H and O–H groups in total. The molecule has 1 aromatic rings. The Morgan fingerprint density at radius 3 is 2.59 bits per heavy atom. The van der Waals surface area contributed by atoms with E-state index in [-0.39, 0.29) is 24.2 Å². The van der Waals surface area contributed by atoms with Crippen molar-refractivity contribution in [3.63, 3.8) is 0 Å². The number of hydrogen-bond donors (Lipinski definition) is 1. The van der Waals surface area contributed by atoms with Crippen LogP contribution in [0, 0.1) is 10.1 Å². The maximum absolute atomic E-state index is 10.8. The second-order valence-electron chi connectivity index (χ2n) is 3.79. The van der Waals surface area contributed by atoms with Crippen LogP contribution in [0.2, 0.25) is 0 Å². The summed E-state index contributed by atoms with van der Waals surface area (Å²) in [6.07, 6.45) is 1.88. The molecule has 0 bridgehead atoms. The molecular weight excluding hydrogens is 244 g/mol. The van der Waals surface area contributed by atoms with Crippen LogP contribution in [0.4, 0.5) is 5.69 Å². The molecule has 6 heteroatoms. The van der Waals surface area contributed by atoms with Crippen LogP contribution in [0.5, 0.6) is 5.75 Å². The Hall–Kier alpha value is -1.33. The van der Waals surface area contributed by atoms with E-state index in [1.165, 1.54) is 6.07 Å². The first-order valence-corrected chi connectivity index (χ1v) is 5.38. The summed E-state index contributed by atoms with van der Waals surface area (Å²) in [6.45, 7) is 1.82. The Labute approximate surface area is 106 Å². The molecule has 1 aliphatic rings. The van der Waals surface area contributed by atoms with Crippen LogP contribution < -0.4 is 10.1 Å². The fraction of sp³-hybridized carbons (Fsp3) is 0.455. The number of hydrogen-bond acceptors (Lipinski definition) is 4. The van der Waals surface area contributed by atoms with Gasteiger partial charge < -0.3 is 10.1 Å². The molecule has 0 spiro atoms. The Balaban J connectivity index is 0.00000144. The highest BCUT2D eigenvalue weighted by molar-refractivity contribution is 5.85. The van der Waals surface area contributed by atoms with Crippen LogP contribution in [0.25, 0.3) is 0 Å². The Morgan fingerprint density at radius 1 is 1.29 bits per heavy atom. The molecular formula is C11H15ClN2O3. The molecule has 0 amide bonds. The van der Waals surface area contributed by atoms with Crippen LogP contribution >= 0.6 is 12.4 Å². The van der Waals surface area contributed by atoms with Crippen molar-refractivity contribution in [3.8, 4) is 5.75 Å². The number of benzene rings is 1. The van der Waals surface area contributed by atoms with Gasteiger partial charge in [-0.2, -0.15) is 0 Å². The van der Waals surface area contributed by atoms with Crippen molar-refractivity contribution in [1.29, 1.82) is 0 Å². The highest BCUT2D eigenvalue weighted by Gasteiger charge is 2.19. The van der Waals surface area contributed by atoms with Gasteiger partial charge in [0, 0.05) is 6.07 Å². The van der Waals surface area contributed by atoms with E-state index in [2.05, 4.69) is 5.32 Å². The van der Waals surface area contributed by atoms with Crippen LogP contribution in [0.15, 0.2) is 24.3 Å². The zero-order valence-corrected chi connectivity index (χ0v) is 10.1. The summed E-state index contributed by atoms with van der Waals surface area (Å²) >= 11 is 0. The molecule has 2 rings (SSSR count). The van der Waals surface area contributed by atoms with Crippen LogP contribution in [0.3, 0.4) is 0 Å². The van der Waals surface area contributed by atoms with Gasteiger partial charge in [0.05, 0.1) is 4.92 Å². The average molecular weight is 259 g/mol. The summed E-state index contributed by atoms with van der Waals surface area (Å²) < 4.78 is 5.67. The largest absolute Gasteiger partial charge is 0.483 e. The van der Waals surface area contributed by atoms with Crippen molar-refractivity contribution < 1.29 is 9.66 Å². The van der Waals surface area contributed by atoms with Gasteiger partial charge >= 0.3 is 5.69 Å². The van der Waals surface area contributed by atoms with E-state index in [0.29, 0.717) is 5.75 Å². The zero-order chi connectivity index (χ0) is 11.4. The highest BCUT2D eigenvalue weighted by Crippen LogP contribution is 2.28. The van der Waals surface area contributed by atoms with Crippen molar-refractivity contribution in [2.75, 3.05) is 13.1 Å². The van der Waals surface area contributed by atoms with Crippen LogP contribution in [0.1, 0.15) is 12.8 Å². The number of halogens is 1. The summed E-state index contributed by atoms with van der Waals surface area (Å²) in [5.74, 6) is 0.374. The molecule has 0 aliphatic carbocycles. The first-order chi connectivity index (χ1) is 7.77. The third-order valence-electron chi connectivity index (χ3n) is 2.64. The third kappa shape index (κ3) is 3.57. The highest BCUT2D eigenvalue weighted by atomic mass is 35.5. The average Bonchev–Trinajstić information content (AvgIpc) is 2.31. The van der Waals surface area contributed by atoms with E-state index in [0.717, 1.165) is 25.9 Å². The molecule has 0 atom stereocenters. The SMILES string of the molecule is Cl.O=[N+]([O-])c1ccccc1OC1CCNCC1. The second kappa shape index (κ2) is 6.42. The summed E-state index contributed by atoms with van der Waals surface area (Å²) in [7, 11) is 0. The number of nitrogens with zero attached hydrogens (tertiary/aromatic N) is 1. The maximum Gasteiger partial charge on any atom is 0.310 e. The minimum absolute atomic E-state index is 0. The van der Waals surface area contributed by atoms with Gasteiger partial charge in [-0.25, -0.2) is 0 Å². The molecule has 94 valence electrons. The smallest absolute Gasteiger partial charge is 0.310 e. The van der Waals surface area contributed by atoms with Crippen LogP contribution in [-0.2, 0) is 0 Å². The van der Waals surface area contributed by atoms with E-state index >= 15 is 0 Å². The van der Waals surface area contributed by atoms with Gasteiger partial charge in [0.15, 0.2) is 5.75 Å². The molecule has 0 saturated carbocycles. The summed E-state index contributed by atoms with van der Waals surface area (Å²) in [6, 6.07) is 6.52. The predicted molar refractivity (Wildman–Crippen MR) is 66.9 cm³/mol. The second-order valence-corrected chi connectivity index (χ2v) is 3.79. The molecule has 17 heavy (non-hydrogen) atoms. The molecule has 1 saturated heterocycles. The fourth-order valence-electron chi connectivity index (χ4n) is 1.80. The summed E-state index contributed by atoms with van der Waals surface area (Å²) in [5, 5.41) is 14.0. The Kier molecular flexibility index (Phi) is 5.18. The molecule has 0 radical (unpaired) electrons. The molecule has 0 aromatic heterocycles. The minimum atomic E-state index is -0.406. The summed E-state index contributed by atoms with van der Waals surface area (Å²) in [4.78, 5) is 10.4. The lowest BCUT2D eigenvalue weighted by molar-refractivity contribution is -0.386. The number of para-hydroxylation sites is 2. The quantitative estimate of drug-likeness (QED) is 0.666. The standard InChI is InChI=1S/C11H14N2O3.ClH/c14-13(15)10-3-1-2-4-11(10)16-9-5-7-12-8-6-9;/h1-4,9,12H,5-8H2;1H. The maximum atomic E-state index is 10.8. The monoisotopic (exact) mass is 258 g/mol. The number of nitro benzene ring substituents is 1. The third-order valence-corrected chi connectivity index (χ3v) is 2.64. The van der Waals surface area contributed by atoms with E-state index in [1.807, 2.05) is 0 Å². The number of rotatable bonds is 3. The molecule has 1 aliphatic heterocycles. The molecule has 1 fully saturated rings. The molecule has 1 heterocycles. The Morgan fingerprint density at radius 2 is 1.94 bits per heavy atom. The van der Waals surface area contributed by atoms with E-state index in [4.69, 9.17) is 4.74 Å². The zero-order valence-electron chi connectivity index (χ0n) is 9.30. The first kappa shape index (κ1) is 13.7. The van der Waals surface area contributed by atoms with E-state index in [9.17, 15) is 10.1 Å². The van der Waals surface area contributed by atoms with Gasteiger partial charge in [-0.1, -0.05) is 12.1 Å². The van der Waals surface area contributed by atoms with Crippen molar-refractivity contribution in [2.45, 2.75) is 18.9 Å². The number of nitro groups is 1.